The molecule has 0 fully saturated rings. The number of pyridine rings is 1. The van der Waals surface area contributed by atoms with Crippen molar-refractivity contribution in [3.05, 3.63) is 64.6 Å². The number of hydrogen-bond acceptors (Lipinski definition) is 3. The number of nitrogens with zero attached hydrogens (tertiary/aromatic N) is 2. The summed E-state index contributed by atoms with van der Waals surface area (Å²) in [7, 11) is 1.83. The third-order valence-corrected chi connectivity index (χ3v) is 5.09. The standard InChI is InChI=1S/C23H32N2O3/c1-4-19(2)13-14-22(26)24(3)15-9-17-25-16-8-12-21(23(25)27)28-18-20-10-6-5-7-11-20/h5-8,10-12,16,19H,4,9,13-15,17-18H2,1-3H3. The van der Waals surface area contributed by atoms with Gasteiger partial charge in [-0.3, -0.25) is 9.59 Å². The number of amides is 1. The van der Waals surface area contributed by atoms with Gasteiger partial charge in [-0.1, -0.05) is 50.6 Å². The summed E-state index contributed by atoms with van der Waals surface area (Å²) in [5.41, 5.74) is 0.888. The molecule has 0 aliphatic heterocycles. The van der Waals surface area contributed by atoms with Crippen LogP contribution in [0.4, 0.5) is 0 Å². The van der Waals surface area contributed by atoms with Gasteiger partial charge >= 0.3 is 0 Å². The highest BCUT2D eigenvalue weighted by Gasteiger charge is 2.11. The molecule has 1 unspecified atom stereocenters. The van der Waals surface area contributed by atoms with Gasteiger partial charge in [0.1, 0.15) is 6.61 Å². The monoisotopic (exact) mass is 384 g/mol. The van der Waals surface area contributed by atoms with Crippen LogP contribution in [0.3, 0.4) is 0 Å². The van der Waals surface area contributed by atoms with Gasteiger partial charge in [0.15, 0.2) is 5.75 Å². The molecule has 0 aliphatic carbocycles. The Morgan fingerprint density at radius 1 is 1.18 bits per heavy atom. The third kappa shape index (κ3) is 6.87. The van der Waals surface area contributed by atoms with Crippen molar-refractivity contribution in [1.82, 2.24) is 9.47 Å². The molecule has 0 N–H and O–H groups in total. The average Bonchev–Trinajstić information content (AvgIpc) is 2.72. The second-order valence-corrected chi connectivity index (χ2v) is 7.37. The molecule has 1 atom stereocenters. The Labute approximate surface area is 167 Å². The molecule has 1 aromatic heterocycles. The van der Waals surface area contributed by atoms with Crippen molar-refractivity contribution in [3.63, 3.8) is 0 Å². The predicted molar refractivity (Wildman–Crippen MR) is 112 cm³/mol. The van der Waals surface area contributed by atoms with Crippen LogP contribution in [0, 0.1) is 5.92 Å². The van der Waals surface area contributed by atoms with E-state index in [2.05, 4.69) is 13.8 Å². The minimum absolute atomic E-state index is 0.135. The van der Waals surface area contributed by atoms with Crippen molar-refractivity contribution in [3.8, 4) is 5.75 Å². The lowest BCUT2D eigenvalue weighted by molar-refractivity contribution is -0.130. The molecule has 5 heteroatoms. The predicted octanol–water partition coefficient (Wildman–Crippen LogP) is 4.10. The Morgan fingerprint density at radius 3 is 2.64 bits per heavy atom. The van der Waals surface area contributed by atoms with Crippen molar-refractivity contribution >= 4 is 5.91 Å². The van der Waals surface area contributed by atoms with E-state index in [0.717, 1.165) is 24.8 Å². The van der Waals surface area contributed by atoms with E-state index in [-0.39, 0.29) is 11.5 Å². The maximum Gasteiger partial charge on any atom is 0.292 e. The molecule has 0 saturated carbocycles. The lowest BCUT2D eigenvalue weighted by Crippen LogP contribution is -2.29. The van der Waals surface area contributed by atoms with Gasteiger partial charge in [-0.25, -0.2) is 0 Å². The smallest absolute Gasteiger partial charge is 0.292 e. The van der Waals surface area contributed by atoms with E-state index >= 15 is 0 Å². The Kier molecular flexibility index (Phi) is 8.79. The number of aryl methyl sites for hydroxylation is 1. The molecule has 1 aromatic carbocycles. The van der Waals surface area contributed by atoms with E-state index in [0.29, 0.717) is 37.8 Å². The van der Waals surface area contributed by atoms with Gasteiger partial charge in [0.25, 0.3) is 5.56 Å². The molecule has 0 saturated heterocycles. The Bertz CT molecular complexity index is 786. The minimum atomic E-state index is -0.135. The highest BCUT2D eigenvalue weighted by Crippen LogP contribution is 2.11. The molecule has 2 aromatic rings. The molecule has 5 nitrogen and oxygen atoms in total. The zero-order valence-corrected chi connectivity index (χ0v) is 17.3. The summed E-state index contributed by atoms with van der Waals surface area (Å²) >= 11 is 0. The highest BCUT2D eigenvalue weighted by atomic mass is 16.5. The van der Waals surface area contributed by atoms with Crippen LogP contribution >= 0.6 is 0 Å². The third-order valence-electron chi connectivity index (χ3n) is 5.09. The van der Waals surface area contributed by atoms with E-state index in [1.807, 2.05) is 43.4 Å². The van der Waals surface area contributed by atoms with Crippen LogP contribution in [0.25, 0.3) is 0 Å². The van der Waals surface area contributed by atoms with Crippen LogP contribution in [-0.4, -0.2) is 29.0 Å². The van der Waals surface area contributed by atoms with Crippen LogP contribution in [0.1, 0.15) is 45.1 Å². The van der Waals surface area contributed by atoms with Crippen LogP contribution in [0.2, 0.25) is 0 Å². The lowest BCUT2D eigenvalue weighted by atomic mass is 10.0. The van der Waals surface area contributed by atoms with Gasteiger partial charge in [-0.05, 0) is 36.5 Å². The number of aromatic nitrogens is 1. The van der Waals surface area contributed by atoms with Gasteiger partial charge in [0.05, 0.1) is 0 Å². The van der Waals surface area contributed by atoms with Crippen LogP contribution in [0.5, 0.6) is 5.75 Å². The summed E-state index contributed by atoms with van der Waals surface area (Å²) in [5.74, 6) is 1.10. The van der Waals surface area contributed by atoms with E-state index in [1.54, 1.807) is 21.7 Å². The molecule has 1 heterocycles. The molecule has 1 amide bonds. The number of ether oxygens (including phenoxy) is 1. The first-order valence-corrected chi connectivity index (χ1v) is 10.1. The normalized spacial score (nSPS) is 11.8. The minimum Gasteiger partial charge on any atom is -0.483 e. The maximum absolute atomic E-state index is 12.6. The fourth-order valence-electron chi connectivity index (χ4n) is 2.90. The molecule has 0 aliphatic rings. The van der Waals surface area contributed by atoms with Crippen molar-refractivity contribution < 1.29 is 9.53 Å². The molecule has 2 rings (SSSR count). The first-order chi connectivity index (χ1) is 13.5. The van der Waals surface area contributed by atoms with Gasteiger partial charge in [-0.2, -0.15) is 0 Å². The van der Waals surface area contributed by atoms with Crippen molar-refractivity contribution in [2.24, 2.45) is 5.92 Å². The molecule has 28 heavy (non-hydrogen) atoms. The first kappa shape index (κ1) is 21.7. The van der Waals surface area contributed by atoms with Gasteiger partial charge in [0, 0.05) is 32.8 Å². The second-order valence-electron chi connectivity index (χ2n) is 7.37. The molecular weight excluding hydrogens is 352 g/mol. The largest absolute Gasteiger partial charge is 0.483 e. The van der Waals surface area contributed by atoms with Crippen molar-refractivity contribution in [1.29, 1.82) is 0 Å². The zero-order chi connectivity index (χ0) is 20.4. The van der Waals surface area contributed by atoms with Crippen molar-refractivity contribution in [2.45, 2.75) is 52.7 Å². The fourth-order valence-corrected chi connectivity index (χ4v) is 2.90. The average molecular weight is 385 g/mol. The Hall–Kier alpha value is -2.56. The number of hydrogen-bond donors (Lipinski definition) is 0. The highest BCUT2D eigenvalue weighted by molar-refractivity contribution is 5.75. The summed E-state index contributed by atoms with van der Waals surface area (Å²) in [6.07, 6.45) is 5.12. The molecule has 0 radical (unpaired) electrons. The van der Waals surface area contributed by atoms with E-state index in [1.165, 1.54) is 0 Å². The van der Waals surface area contributed by atoms with E-state index < -0.39 is 0 Å². The molecule has 0 spiro atoms. The van der Waals surface area contributed by atoms with Gasteiger partial charge in [0.2, 0.25) is 5.91 Å². The van der Waals surface area contributed by atoms with Gasteiger partial charge < -0.3 is 14.2 Å². The van der Waals surface area contributed by atoms with Crippen LogP contribution < -0.4 is 10.3 Å². The summed E-state index contributed by atoms with van der Waals surface area (Å²) in [6, 6.07) is 13.3. The SMILES string of the molecule is CCC(C)CCC(=O)N(C)CCCn1cccc(OCc2ccccc2)c1=O. The molecule has 152 valence electrons. The number of carbonyl (C=O) groups excluding carboxylic acids is 1. The Morgan fingerprint density at radius 2 is 1.93 bits per heavy atom. The van der Waals surface area contributed by atoms with E-state index in [4.69, 9.17) is 4.74 Å². The molecule has 0 bridgehead atoms. The Balaban J connectivity index is 1.82. The summed E-state index contributed by atoms with van der Waals surface area (Å²) in [6.45, 7) is 5.89. The number of rotatable bonds is 11. The summed E-state index contributed by atoms with van der Waals surface area (Å²) in [5, 5.41) is 0. The number of benzene rings is 1. The molecular formula is C23H32N2O3. The quantitative estimate of drug-likeness (QED) is 0.586. The summed E-state index contributed by atoms with van der Waals surface area (Å²) < 4.78 is 7.35. The first-order valence-electron chi connectivity index (χ1n) is 10.1. The lowest BCUT2D eigenvalue weighted by Gasteiger charge is -2.18. The zero-order valence-electron chi connectivity index (χ0n) is 17.3. The second kappa shape index (κ2) is 11.3. The van der Waals surface area contributed by atoms with Crippen molar-refractivity contribution in [2.75, 3.05) is 13.6 Å². The number of carbonyl (C=O) groups is 1. The maximum atomic E-state index is 12.6. The van der Waals surface area contributed by atoms with Crippen LogP contribution in [-0.2, 0) is 17.9 Å². The topological polar surface area (TPSA) is 51.5 Å². The fraction of sp³-hybridized carbons (Fsp3) is 0.478. The van der Waals surface area contributed by atoms with Gasteiger partial charge in [-0.15, -0.1) is 0 Å². The summed E-state index contributed by atoms with van der Waals surface area (Å²) in [4.78, 5) is 26.5. The van der Waals surface area contributed by atoms with E-state index in [9.17, 15) is 9.59 Å². The van der Waals surface area contributed by atoms with Crippen LogP contribution in [0.15, 0.2) is 53.5 Å².